The Hall–Kier alpha value is -1.58. The number of halogens is 1. The largest absolute Gasteiger partial charge is 0.456 e. The Morgan fingerprint density at radius 1 is 1.02 bits per heavy atom. The molecule has 0 heterocycles. The van der Waals surface area contributed by atoms with Gasteiger partial charge in [-0.3, -0.25) is 9.59 Å². The molecule has 3 aliphatic carbocycles. The van der Waals surface area contributed by atoms with Crippen LogP contribution in [0, 0.1) is 28.6 Å². The van der Waals surface area contributed by atoms with Gasteiger partial charge in [0.05, 0.1) is 19.3 Å². The number of alkyl halides is 1. The molecule has 0 spiro atoms. The van der Waals surface area contributed by atoms with Crippen LogP contribution in [0.1, 0.15) is 92.4 Å². The Morgan fingerprint density at radius 2 is 1.77 bits per heavy atom. The second kappa shape index (κ2) is 16.8. The van der Waals surface area contributed by atoms with Crippen molar-refractivity contribution >= 4 is 29.1 Å². The number of ether oxygens (including phenoxy) is 4. The van der Waals surface area contributed by atoms with Gasteiger partial charge < -0.3 is 24.1 Å². The van der Waals surface area contributed by atoms with E-state index in [1.54, 1.807) is 12.2 Å². The molecule has 3 rings (SSSR count). The Morgan fingerprint density at radius 3 is 2.48 bits per heavy atom. The van der Waals surface area contributed by atoms with Crippen LogP contribution in [0.2, 0.25) is 0 Å². The van der Waals surface area contributed by atoms with Crippen LogP contribution in [0.4, 0.5) is 0 Å². The molecule has 9 heteroatoms. The standard InChI is InChI=1S/C35H55ClO8/c1-6-8-9-15-44-35(31(39)22-43-32(40)23-42-17-16-41-14-7-2)25(3)18-30-26(19-29(38)21-34(30,35)5)10-11-27-20-28(37)12-13-33(27,4)24-36/h12-13,20,25-26,29-30,38H,6-11,14-19,21-24H2,1-5H3. The zero-order chi connectivity index (χ0) is 32.4. The van der Waals surface area contributed by atoms with E-state index in [0.717, 1.165) is 44.1 Å². The van der Waals surface area contributed by atoms with E-state index in [4.69, 9.17) is 30.5 Å². The first-order valence-corrected chi connectivity index (χ1v) is 17.2. The molecule has 0 aromatic heterocycles. The Kier molecular flexibility index (Phi) is 14.1. The number of aliphatic hydroxyl groups excluding tert-OH is 1. The maximum absolute atomic E-state index is 14.2. The lowest BCUT2D eigenvalue weighted by molar-refractivity contribution is -0.191. The monoisotopic (exact) mass is 638 g/mol. The van der Waals surface area contributed by atoms with Crippen LogP contribution in [0.5, 0.6) is 0 Å². The normalized spacial score (nSPS) is 33.2. The molecule has 0 saturated heterocycles. The van der Waals surface area contributed by atoms with Crippen molar-refractivity contribution in [3.63, 3.8) is 0 Å². The Balaban J connectivity index is 1.77. The molecule has 8 nitrogen and oxygen atoms in total. The fourth-order valence-electron chi connectivity index (χ4n) is 8.03. The molecular weight excluding hydrogens is 584 g/mol. The lowest BCUT2D eigenvalue weighted by Crippen LogP contribution is -2.60. The molecule has 2 saturated carbocycles. The van der Waals surface area contributed by atoms with Crippen molar-refractivity contribution in [1.82, 2.24) is 0 Å². The van der Waals surface area contributed by atoms with Gasteiger partial charge in [0.1, 0.15) is 12.2 Å². The van der Waals surface area contributed by atoms with Gasteiger partial charge in [-0.2, -0.15) is 0 Å². The first kappa shape index (κ1) is 36.9. The van der Waals surface area contributed by atoms with E-state index < -0.39 is 29.7 Å². The van der Waals surface area contributed by atoms with Crippen LogP contribution < -0.4 is 0 Å². The van der Waals surface area contributed by atoms with Crippen molar-refractivity contribution in [2.75, 3.05) is 45.5 Å². The van der Waals surface area contributed by atoms with Crippen molar-refractivity contribution in [2.24, 2.45) is 28.6 Å². The highest BCUT2D eigenvalue weighted by molar-refractivity contribution is 6.19. The van der Waals surface area contributed by atoms with Crippen LogP contribution in [0.3, 0.4) is 0 Å². The number of Topliss-reactive ketones (excluding diaryl/α,β-unsaturated/α-hetero) is 1. The number of carbonyl (C=O) groups excluding carboxylic acids is 3. The first-order chi connectivity index (χ1) is 21.0. The highest BCUT2D eigenvalue weighted by atomic mass is 35.5. The van der Waals surface area contributed by atoms with E-state index in [9.17, 15) is 19.5 Å². The minimum absolute atomic E-state index is 0.0273. The van der Waals surface area contributed by atoms with Gasteiger partial charge >= 0.3 is 5.97 Å². The van der Waals surface area contributed by atoms with Crippen molar-refractivity contribution in [1.29, 1.82) is 0 Å². The lowest BCUT2D eigenvalue weighted by atomic mass is 9.56. The van der Waals surface area contributed by atoms with Crippen LogP contribution in [-0.2, 0) is 33.3 Å². The van der Waals surface area contributed by atoms with Crippen LogP contribution in [0.25, 0.3) is 0 Å². The summed E-state index contributed by atoms with van der Waals surface area (Å²) in [5.41, 5.74) is -1.21. The van der Waals surface area contributed by atoms with Crippen molar-refractivity contribution in [2.45, 2.75) is 104 Å². The smallest absolute Gasteiger partial charge is 0.332 e. The fourth-order valence-corrected chi connectivity index (χ4v) is 8.29. The summed E-state index contributed by atoms with van der Waals surface area (Å²) in [4.78, 5) is 38.9. The molecule has 0 aromatic carbocycles. The third-order valence-electron chi connectivity index (χ3n) is 10.3. The van der Waals surface area contributed by atoms with Crippen molar-refractivity contribution in [3.8, 4) is 0 Å². The van der Waals surface area contributed by atoms with Crippen LogP contribution >= 0.6 is 11.6 Å². The van der Waals surface area contributed by atoms with E-state index in [0.29, 0.717) is 45.0 Å². The molecule has 0 amide bonds. The number of fused-ring (bicyclic) bond motifs is 1. The third kappa shape index (κ3) is 8.41. The molecule has 250 valence electrons. The summed E-state index contributed by atoms with van der Waals surface area (Å²) >= 11 is 6.34. The highest BCUT2D eigenvalue weighted by Gasteiger charge is 2.68. The van der Waals surface area contributed by atoms with Gasteiger partial charge in [0.25, 0.3) is 0 Å². The summed E-state index contributed by atoms with van der Waals surface area (Å²) < 4.78 is 22.9. The highest BCUT2D eigenvalue weighted by Crippen LogP contribution is 2.64. The maximum atomic E-state index is 14.2. The number of aliphatic hydroxyl groups is 1. The fraction of sp³-hybridized carbons (Fsp3) is 0.800. The number of carbonyl (C=O) groups is 3. The predicted molar refractivity (Wildman–Crippen MR) is 171 cm³/mol. The number of allylic oxidation sites excluding steroid dienone is 4. The van der Waals surface area contributed by atoms with Gasteiger partial charge in [-0.05, 0) is 74.9 Å². The van der Waals surface area contributed by atoms with E-state index in [1.165, 1.54) is 0 Å². The number of esters is 1. The summed E-state index contributed by atoms with van der Waals surface area (Å²) in [7, 11) is 0. The van der Waals surface area contributed by atoms with Crippen molar-refractivity contribution < 1.29 is 38.4 Å². The molecule has 0 radical (unpaired) electrons. The van der Waals surface area contributed by atoms with Gasteiger partial charge in [0.2, 0.25) is 5.78 Å². The summed E-state index contributed by atoms with van der Waals surface area (Å²) in [5.74, 6) is -0.372. The third-order valence-corrected chi connectivity index (χ3v) is 10.9. The number of ketones is 2. The summed E-state index contributed by atoms with van der Waals surface area (Å²) in [6, 6.07) is 0. The maximum Gasteiger partial charge on any atom is 0.332 e. The van der Waals surface area contributed by atoms with Crippen molar-refractivity contribution in [3.05, 3.63) is 23.8 Å². The molecule has 44 heavy (non-hydrogen) atoms. The second-order valence-corrected chi connectivity index (χ2v) is 13.8. The first-order valence-electron chi connectivity index (χ1n) is 16.6. The zero-order valence-electron chi connectivity index (χ0n) is 27.5. The van der Waals surface area contributed by atoms with Gasteiger partial charge in [-0.25, -0.2) is 4.79 Å². The molecule has 0 aromatic rings. The Labute approximate surface area is 269 Å². The predicted octanol–water partition coefficient (Wildman–Crippen LogP) is 6.01. The van der Waals surface area contributed by atoms with Crippen LogP contribution in [-0.4, -0.2) is 79.9 Å². The molecule has 7 atom stereocenters. The minimum Gasteiger partial charge on any atom is -0.456 e. The summed E-state index contributed by atoms with van der Waals surface area (Å²) in [5, 5.41) is 11.2. The van der Waals surface area contributed by atoms with Gasteiger partial charge in [0, 0.05) is 29.9 Å². The summed E-state index contributed by atoms with van der Waals surface area (Å²) in [6.07, 6.45) is 11.7. The number of hydrogen-bond acceptors (Lipinski definition) is 8. The van der Waals surface area contributed by atoms with Crippen LogP contribution in [0.15, 0.2) is 23.8 Å². The van der Waals surface area contributed by atoms with E-state index in [-0.39, 0.29) is 47.9 Å². The molecule has 7 unspecified atom stereocenters. The molecule has 1 N–H and O–H groups in total. The SMILES string of the molecule is CCCCCOC1(C(=O)COC(=O)COCCOCCC)C(C)CC2C(CCC3=CC(=O)C=CC3(C)CCl)CC(O)CC21C. The number of unbranched alkanes of at least 4 members (excludes halogenated alkanes) is 2. The topological polar surface area (TPSA) is 108 Å². The van der Waals surface area contributed by atoms with E-state index in [1.807, 2.05) is 19.9 Å². The zero-order valence-corrected chi connectivity index (χ0v) is 28.3. The quantitative estimate of drug-likeness (QED) is 0.104. The van der Waals surface area contributed by atoms with Gasteiger partial charge in [-0.1, -0.05) is 59.1 Å². The Bertz CT molecular complexity index is 1040. The number of hydrogen-bond donors (Lipinski definition) is 1. The molecule has 2 fully saturated rings. The molecule has 3 aliphatic rings. The lowest BCUT2D eigenvalue weighted by Gasteiger charge is -2.52. The molecular formula is C35H55ClO8. The molecule has 0 bridgehead atoms. The average Bonchev–Trinajstić information content (AvgIpc) is 3.22. The van der Waals surface area contributed by atoms with Gasteiger partial charge in [-0.15, -0.1) is 11.6 Å². The average molecular weight is 639 g/mol. The van der Waals surface area contributed by atoms with E-state index >= 15 is 0 Å². The summed E-state index contributed by atoms with van der Waals surface area (Å²) in [6.45, 7) is 11.4. The molecule has 0 aliphatic heterocycles. The second-order valence-electron chi connectivity index (χ2n) is 13.5. The van der Waals surface area contributed by atoms with Gasteiger partial charge in [0.15, 0.2) is 12.4 Å². The minimum atomic E-state index is -1.19. The number of rotatable bonds is 19. The van der Waals surface area contributed by atoms with E-state index in [2.05, 4.69) is 20.8 Å².